The summed E-state index contributed by atoms with van der Waals surface area (Å²) in [5.41, 5.74) is 1.58. The molecule has 0 bridgehead atoms. The van der Waals surface area contributed by atoms with Crippen molar-refractivity contribution in [1.29, 1.82) is 0 Å². The molecular weight excluding hydrogens is 182 g/mol. The van der Waals surface area contributed by atoms with Gasteiger partial charge < -0.3 is 0 Å². The van der Waals surface area contributed by atoms with E-state index in [2.05, 4.69) is 46.4 Å². The predicted octanol–water partition coefficient (Wildman–Crippen LogP) is 3.54. The zero-order valence-corrected chi connectivity index (χ0v) is 11.4. The van der Waals surface area contributed by atoms with Gasteiger partial charge in [-0.15, -0.1) is 0 Å². The highest BCUT2D eigenvalue weighted by atomic mass is 15.2. The summed E-state index contributed by atoms with van der Waals surface area (Å²) in [5.74, 6) is 0.969. The lowest BCUT2D eigenvalue weighted by atomic mass is 9.66. The number of rotatable bonds is 1. The second-order valence-electron chi connectivity index (χ2n) is 7.68. The summed E-state index contributed by atoms with van der Waals surface area (Å²) in [5, 5.41) is 0. The summed E-state index contributed by atoms with van der Waals surface area (Å²) < 4.78 is 0. The zero-order valence-electron chi connectivity index (χ0n) is 11.4. The van der Waals surface area contributed by atoms with Gasteiger partial charge in [0.05, 0.1) is 0 Å². The van der Waals surface area contributed by atoms with Crippen LogP contribution >= 0.6 is 0 Å². The molecule has 0 aromatic carbocycles. The first-order valence-electron chi connectivity index (χ1n) is 6.42. The van der Waals surface area contributed by atoms with Crippen molar-refractivity contribution >= 4 is 0 Å². The summed E-state index contributed by atoms with van der Waals surface area (Å²) in [6.45, 7) is 17.0. The van der Waals surface area contributed by atoms with Gasteiger partial charge in [-0.1, -0.05) is 20.8 Å². The van der Waals surface area contributed by atoms with E-state index in [-0.39, 0.29) is 0 Å². The van der Waals surface area contributed by atoms with Crippen LogP contribution in [-0.4, -0.2) is 23.5 Å². The van der Waals surface area contributed by atoms with Crippen molar-refractivity contribution in [2.45, 2.75) is 59.9 Å². The van der Waals surface area contributed by atoms with Crippen molar-refractivity contribution in [3.8, 4) is 0 Å². The smallest absolute Gasteiger partial charge is 0.0125 e. The molecule has 1 aliphatic carbocycles. The van der Waals surface area contributed by atoms with Gasteiger partial charge in [-0.05, 0) is 50.4 Å². The average molecular weight is 209 g/mol. The topological polar surface area (TPSA) is 3.24 Å². The van der Waals surface area contributed by atoms with E-state index >= 15 is 0 Å². The Balaban J connectivity index is 1.96. The molecule has 1 aliphatic heterocycles. The molecule has 0 aromatic rings. The minimum atomic E-state index is 0.379. The normalized spacial score (nSPS) is 27.6. The van der Waals surface area contributed by atoms with Crippen molar-refractivity contribution < 1.29 is 0 Å². The number of hydrogen-bond acceptors (Lipinski definition) is 1. The lowest BCUT2D eigenvalue weighted by Gasteiger charge is -2.53. The third kappa shape index (κ3) is 1.73. The Bertz CT molecular complexity index is 243. The van der Waals surface area contributed by atoms with E-state index < -0.39 is 0 Å². The van der Waals surface area contributed by atoms with Crippen LogP contribution in [0.1, 0.15) is 54.4 Å². The maximum Gasteiger partial charge on any atom is 0.0125 e. The fourth-order valence-electron chi connectivity index (χ4n) is 3.28. The SMILES string of the molecule is CC(C)(C)N1CC(C2(C(C)(C)C)CC2)C1. The van der Waals surface area contributed by atoms with Gasteiger partial charge >= 0.3 is 0 Å². The first kappa shape index (κ1) is 11.4. The number of likely N-dealkylation sites (tertiary alicyclic amines) is 1. The molecule has 0 N–H and O–H groups in total. The van der Waals surface area contributed by atoms with Gasteiger partial charge in [-0.3, -0.25) is 4.90 Å². The Hall–Kier alpha value is -0.0400. The van der Waals surface area contributed by atoms with Crippen molar-refractivity contribution in [2.75, 3.05) is 13.1 Å². The van der Waals surface area contributed by atoms with Gasteiger partial charge in [0.2, 0.25) is 0 Å². The largest absolute Gasteiger partial charge is 0.298 e. The molecule has 0 spiro atoms. The summed E-state index contributed by atoms with van der Waals surface area (Å²) in [6.07, 6.45) is 2.94. The third-order valence-corrected chi connectivity index (χ3v) is 4.89. The van der Waals surface area contributed by atoms with Crippen LogP contribution in [0.4, 0.5) is 0 Å². The molecule has 2 fully saturated rings. The molecule has 1 heterocycles. The van der Waals surface area contributed by atoms with Crippen molar-refractivity contribution in [3.63, 3.8) is 0 Å². The van der Waals surface area contributed by atoms with E-state index in [1.54, 1.807) is 0 Å². The van der Waals surface area contributed by atoms with Gasteiger partial charge in [0.15, 0.2) is 0 Å². The molecule has 88 valence electrons. The van der Waals surface area contributed by atoms with Crippen LogP contribution < -0.4 is 0 Å². The van der Waals surface area contributed by atoms with Gasteiger partial charge in [0.25, 0.3) is 0 Å². The maximum absolute atomic E-state index is 2.63. The van der Waals surface area contributed by atoms with Crippen molar-refractivity contribution in [1.82, 2.24) is 4.90 Å². The average Bonchev–Trinajstić information content (AvgIpc) is 2.57. The van der Waals surface area contributed by atoms with E-state index in [0.717, 1.165) is 5.92 Å². The highest BCUT2D eigenvalue weighted by Crippen LogP contribution is 2.65. The second kappa shape index (κ2) is 3.00. The van der Waals surface area contributed by atoms with Crippen LogP contribution in [0.15, 0.2) is 0 Å². The highest BCUT2D eigenvalue weighted by Gasteiger charge is 2.60. The molecule has 1 saturated carbocycles. The fraction of sp³-hybridized carbons (Fsp3) is 1.00. The number of hydrogen-bond donors (Lipinski definition) is 0. The van der Waals surface area contributed by atoms with Crippen molar-refractivity contribution in [2.24, 2.45) is 16.7 Å². The monoisotopic (exact) mass is 209 g/mol. The number of nitrogens with zero attached hydrogens (tertiary/aromatic N) is 1. The third-order valence-electron chi connectivity index (χ3n) is 4.89. The van der Waals surface area contributed by atoms with Crippen LogP contribution in [0.2, 0.25) is 0 Å². The Labute approximate surface area is 95.2 Å². The molecule has 0 unspecified atom stereocenters. The second-order valence-corrected chi connectivity index (χ2v) is 7.68. The highest BCUT2D eigenvalue weighted by molar-refractivity contribution is 5.10. The van der Waals surface area contributed by atoms with Crippen LogP contribution in [0.25, 0.3) is 0 Å². The van der Waals surface area contributed by atoms with Gasteiger partial charge in [0, 0.05) is 18.6 Å². The first-order valence-corrected chi connectivity index (χ1v) is 6.42. The molecule has 2 rings (SSSR count). The molecule has 2 aliphatic rings. The van der Waals surface area contributed by atoms with E-state index in [1.807, 2.05) is 0 Å². The van der Waals surface area contributed by atoms with Crippen LogP contribution in [-0.2, 0) is 0 Å². The Kier molecular flexibility index (Phi) is 2.29. The van der Waals surface area contributed by atoms with E-state index in [1.165, 1.54) is 25.9 Å². The van der Waals surface area contributed by atoms with Crippen LogP contribution in [0.3, 0.4) is 0 Å². The molecule has 1 heteroatoms. The van der Waals surface area contributed by atoms with Crippen molar-refractivity contribution in [3.05, 3.63) is 0 Å². The summed E-state index contributed by atoms with van der Waals surface area (Å²) in [6, 6.07) is 0. The molecule has 0 amide bonds. The van der Waals surface area contributed by atoms with Crippen LogP contribution in [0, 0.1) is 16.7 Å². The minimum Gasteiger partial charge on any atom is -0.298 e. The molecule has 15 heavy (non-hydrogen) atoms. The lowest BCUT2D eigenvalue weighted by Crippen LogP contribution is -2.59. The van der Waals surface area contributed by atoms with Gasteiger partial charge in [0.1, 0.15) is 0 Å². The predicted molar refractivity (Wildman–Crippen MR) is 65.9 cm³/mol. The fourth-order valence-corrected chi connectivity index (χ4v) is 3.28. The summed E-state index contributed by atoms with van der Waals surface area (Å²) >= 11 is 0. The van der Waals surface area contributed by atoms with E-state index in [4.69, 9.17) is 0 Å². The quantitative estimate of drug-likeness (QED) is 0.638. The summed E-state index contributed by atoms with van der Waals surface area (Å²) in [7, 11) is 0. The lowest BCUT2D eigenvalue weighted by molar-refractivity contribution is -0.0512. The van der Waals surface area contributed by atoms with E-state index in [9.17, 15) is 0 Å². The zero-order chi connectivity index (χ0) is 11.5. The van der Waals surface area contributed by atoms with Crippen LogP contribution in [0.5, 0.6) is 0 Å². The molecule has 0 radical (unpaired) electrons. The molecule has 0 atom stereocenters. The molecule has 0 aromatic heterocycles. The van der Waals surface area contributed by atoms with Gasteiger partial charge in [-0.25, -0.2) is 0 Å². The Morgan fingerprint density at radius 3 is 1.67 bits per heavy atom. The molecule has 1 nitrogen and oxygen atoms in total. The Morgan fingerprint density at radius 2 is 1.40 bits per heavy atom. The minimum absolute atomic E-state index is 0.379. The standard InChI is InChI=1S/C14H27N/c1-12(2,3)14(7-8-14)11-9-15(10-11)13(4,5)6/h11H,7-10H2,1-6H3. The molecule has 1 saturated heterocycles. The van der Waals surface area contributed by atoms with Gasteiger partial charge in [-0.2, -0.15) is 0 Å². The van der Waals surface area contributed by atoms with E-state index in [0.29, 0.717) is 16.4 Å². The Morgan fingerprint density at radius 1 is 0.933 bits per heavy atom. The first-order chi connectivity index (χ1) is 6.67. The maximum atomic E-state index is 2.63. The summed E-state index contributed by atoms with van der Waals surface area (Å²) in [4.78, 5) is 2.63. The molecular formula is C14H27N.